The molecule has 0 fully saturated rings. The third-order valence-corrected chi connectivity index (χ3v) is 3.08. The van der Waals surface area contributed by atoms with Crippen molar-refractivity contribution >= 4 is 23.3 Å². The van der Waals surface area contributed by atoms with Gasteiger partial charge in [-0.3, -0.25) is 4.57 Å². The van der Waals surface area contributed by atoms with Crippen molar-refractivity contribution in [3.63, 3.8) is 0 Å². The predicted octanol–water partition coefficient (Wildman–Crippen LogP) is 4.11. The number of halogens is 3. The van der Waals surface area contributed by atoms with Crippen molar-refractivity contribution < 1.29 is 13.2 Å². The van der Waals surface area contributed by atoms with Crippen molar-refractivity contribution in [3.05, 3.63) is 58.6 Å². The van der Waals surface area contributed by atoms with Crippen molar-refractivity contribution in [3.8, 4) is 5.69 Å². The van der Waals surface area contributed by atoms with Gasteiger partial charge >= 0.3 is 0 Å². The molecule has 96 valence electrons. The van der Waals surface area contributed by atoms with Crippen LogP contribution in [0.5, 0.6) is 0 Å². The number of nitrogens with one attached hydrogen (secondary N) is 1. The van der Waals surface area contributed by atoms with E-state index in [1.165, 1.54) is 22.8 Å². The molecule has 0 aliphatic rings. The van der Waals surface area contributed by atoms with E-state index >= 15 is 0 Å². The number of hydrogen-bond donors (Lipinski definition) is 1. The number of imidazole rings is 1. The zero-order chi connectivity index (χ0) is 13.6. The molecule has 0 saturated heterocycles. The van der Waals surface area contributed by atoms with Crippen molar-refractivity contribution in [1.82, 2.24) is 9.55 Å². The summed E-state index contributed by atoms with van der Waals surface area (Å²) in [6, 6.07) is 7.01. The first kappa shape index (κ1) is 12.0. The fourth-order valence-electron chi connectivity index (χ4n) is 1.97. The minimum absolute atomic E-state index is 0.0538. The average molecular weight is 280 g/mol. The summed E-state index contributed by atoms with van der Waals surface area (Å²) < 4.78 is 41.8. The molecule has 0 bridgehead atoms. The zero-order valence-corrected chi connectivity index (χ0v) is 10.3. The number of aromatic nitrogens is 2. The molecule has 2 aromatic carbocycles. The number of nitrogens with zero attached hydrogens (tertiary/aromatic N) is 1. The highest BCUT2D eigenvalue weighted by Gasteiger charge is 2.12. The Morgan fingerprint density at radius 2 is 1.63 bits per heavy atom. The zero-order valence-electron chi connectivity index (χ0n) is 9.45. The molecule has 19 heavy (non-hydrogen) atoms. The fourth-order valence-corrected chi connectivity index (χ4v) is 2.28. The number of aromatic amines is 1. The van der Waals surface area contributed by atoms with Crippen LogP contribution in [0.3, 0.4) is 0 Å². The Labute approximate surface area is 111 Å². The number of rotatable bonds is 1. The molecular formula is C13H7F3N2S. The lowest BCUT2D eigenvalue weighted by Gasteiger charge is -2.06. The maximum atomic E-state index is 13.8. The molecule has 1 heterocycles. The Bertz CT molecular complexity index is 836. The van der Waals surface area contributed by atoms with Gasteiger partial charge in [0.2, 0.25) is 0 Å². The molecule has 0 spiro atoms. The predicted molar refractivity (Wildman–Crippen MR) is 68.3 cm³/mol. The van der Waals surface area contributed by atoms with Crippen molar-refractivity contribution in [1.29, 1.82) is 0 Å². The monoisotopic (exact) mass is 280 g/mol. The van der Waals surface area contributed by atoms with Gasteiger partial charge in [-0.15, -0.1) is 0 Å². The Hall–Kier alpha value is -2.08. The van der Waals surface area contributed by atoms with E-state index in [1.807, 2.05) is 0 Å². The van der Waals surface area contributed by atoms with Gasteiger partial charge < -0.3 is 4.98 Å². The largest absolute Gasteiger partial charge is 0.330 e. The molecular weight excluding hydrogens is 273 g/mol. The summed E-state index contributed by atoms with van der Waals surface area (Å²) >= 11 is 5.08. The molecule has 1 aromatic heterocycles. The van der Waals surface area contributed by atoms with Crippen LogP contribution < -0.4 is 0 Å². The molecule has 0 atom stereocenters. The fraction of sp³-hybridized carbons (Fsp3) is 0. The smallest absolute Gasteiger partial charge is 0.182 e. The average Bonchev–Trinajstić information content (AvgIpc) is 2.68. The highest BCUT2D eigenvalue weighted by atomic mass is 32.1. The van der Waals surface area contributed by atoms with Crippen molar-refractivity contribution in [2.24, 2.45) is 0 Å². The van der Waals surface area contributed by atoms with E-state index < -0.39 is 17.5 Å². The van der Waals surface area contributed by atoms with Crippen LogP contribution in [0, 0.1) is 22.2 Å². The molecule has 1 N–H and O–H groups in total. The van der Waals surface area contributed by atoms with Crippen LogP contribution in [-0.4, -0.2) is 9.55 Å². The maximum Gasteiger partial charge on any atom is 0.182 e. The number of benzene rings is 2. The summed E-state index contributed by atoms with van der Waals surface area (Å²) in [5.41, 5.74) is 0.853. The van der Waals surface area contributed by atoms with Gasteiger partial charge in [0.25, 0.3) is 0 Å². The van der Waals surface area contributed by atoms with E-state index in [2.05, 4.69) is 4.98 Å². The molecule has 2 nitrogen and oxygen atoms in total. The highest BCUT2D eigenvalue weighted by molar-refractivity contribution is 7.71. The SMILES string of the molecule is Fc1ccc(F)c(-n2c(=S)[nH]c3ccc(F)cc32)c1. The number of fused-ring (bicyclic) bond motifs is 1. The topological polar surface area (TPSA) is 20.7 Å². The molecule has 0 aliphatic heterocycles. The lowest BCUT2D eigenvalue weighted by molar-refractivity contribution is 0.593. The van der Waals surface area contributed by atoms with Gasteiger partial charge in [0.05, 0.1) is 16.7 Å². The molecule has 0 saturated carbocycles. The molecule has 0 unspecified atom stereocenters. The quantitative estimate of drug-likeness (QED) is 0.665. The first-order valence-corrected chi connectivity index (χ1v) is 5.83. The van der Waals surface area contributed by atoms with E-state index in [1.54, 1.807) is 0 Å². The molecule has 3 rings (SSSR count). The second kappa shape index (κ2) is 4.24. The Balaban J connectivity index is 2.42. The molecule has 0 aliphatic carbocycles. The van der Waals surface area contributed by atoms with E-state index in [-0.39, 0.29) is 10.5 Å². The van der Waals surface area contributed by atoms with Crippen LogP contribution in [0.15, 0.2) is 36.4 Å². The van der Waals surface area contributed by atoms with E-state index in [0.29, 0.717) is 11.0 Å². The van der Waals surface area contributed by atoms with Crippen molar-refractivity contribution in [2.45, 2.75) is 0 Å². The Morgan fingerprint density at radius 1 is 0.947 bits per heavy atom. The highest BCUT2D eigenvalue weighted by Crippen LogP contribution is 2.23. The van der Waals surface area contributed by atoms with Crippen LogP contribution >= 0.6 is 12.2 Å². The van der Waals surface area contributed by atoms with Crippen LogP contribution in [0.25, 0.3) is 16.7 Å². The summed E-state index contributed by atoms with van der Waals surface area (Å²) in [5, 5.41) is 0. The van der Waals surface area contributed by atoms with Gasteiger partial charge in [0.1, 0.15) is 17.5 Å². The van der Waals surface area contributed by atoms with E-state index in [4.69, 9.17) is 12.2 Å². The minimum Gasteiger partial charge on any atom is -0.330 e. The summed E-state index contributed by atoms with van der Waals surface area (Å²) in [6.45, 7) is 0. The lowest BCUT2D eigenvalue weighted by atomic mass is 10.2. The normalized spacial score (nSPS) is 11.1. The van der Waals surface area contributed by atoms with Crippen LogP contribution in [-0.2, 0) is 0 Å². The van der Waals surface area contributed by atoms with E-state index in [0.717, 1.165) is 18.2 Å². The second-order valence-electron chi connectivity index (χ2n) is 4.02. The van der Waals surface area contributed by atoms with Gasteiger partial charge in [0, 0.05) is 12.1 Å². The van der Waals surface area contributed by atoms with Gasteiger partial charge in [-0.05, 0) is 36.5 Å². The molecule has 6 heteroatoms. The van der Waals surface area contributed by atoms with Gasteiger partial charge in [-0.1, -0.05) is 0 Å². The number of hydrogen-bond acceptors (Lipinski definition) is 1. The Morgan fingerprint density at radius 3 is 2.42 bits per heavy atom. The Kier molecular flexibility index (Phi) is 2.67. The second-order valence-corrected chi connectivity index (χ2v) is 4.41. The third-order valence-electron chi connectivity index (χ3n) is 2.79. The minimum atomic E-state index is -0.636. The molecule has 3 aromatic rings. The lowest BCUT2D eigenvalue weighted by Crippen LogP contribution is -1.98. The van der Waals surface area contributed by atoms with Gasteiger partial charge in [0.15, 0.2) is 4.77 Å². The van der Waals surface area contributed by atoms with Crippen LogP contribution in [0.2, 0.25) is 0 Å². The van der Waals surface area contributed by atoms with Gasteiger partial charge in [-0.2, -0.15) is 0 Å². The summed E-state index contributed by atoms with van der Waals surface area (Å²) in [5.74, 6) is -1.71. The maximum absolute atomic E-state index is 13.8. The molecule has 0 radical (unpaired) electrons. The van der Waals surface area contributed by atoms with Crippen molar-refractivity contribution in [2.75, 3.05) is 0 Å². The summed E-state index contributed by atoms with van der Waals surface area (Å²) in [7, 11) is 0. The van der Waals surface area contributed by atoms with Gasteiger partial charge in [-0.25, -0.2) is 13.2 Å². The van der Waals surface area contributed by atoms with E-state index in [9.17, 15) is 13.2 Å². The standard InChI is InChI=1S/C13H7F3N2S/c14-7-1-3-9(16)11(5-7)18-12-6-8(15)2-4-10(12)17-13(18)19/h1-6H,(H,17,19). The van der Waals surface area contributed by atoms with Crippen LogP contribution in [0.4, 0.5) is 13.2 Å². The number of H-pyrrole nitrogens is 1. The third kappa shape index (κ3) is 1.94. The first-order valence-electron chi connectivity index (χ1n) is 5.42. The molecule has 0 amide bonds. The summed E-state index contributed by atoms with van der Waals surface area (Å²) in [4.78, 5) is 2.82. The summed E-state index contributed by atoms with van der Waals surface area (Å²) in [6.07, 6.45) is 0. The first-order chi connectivity index (χ1) is 9.06. The van der Waals surface area contributed by atoms with Crippen LogP contribution in [0.1, 0.15) is 0 Å².